The van der Waals surface area contributed by atoms with Crippen LogP contribution in [0.15, 0.2) is 6.07 Å². The lowest BCUT2D eigenvalue weighted by atomic mass is 9.94. The summed E-state index contributed by atoms with van der Waals surface area (Å²) in [6.07, 6.45) is 1.84. The Kier molecular flexibility index (Phi) is 5.20. The number of fused-ring (bicyclic) bond motifs is 4. The average molecular weight is 383 g/mol. The van der Waals surface area contributed by atoms with E-state index in [4.69, 9.17) is 0 Å². The van der Waals surface area contributed by atoms with Crippen LogP contribution in [-0.4, -0.2) is 72.2 Å². The van der Waals surface area contributed by atoms with E-state index >= 15 is 0 Å². The van der Waals surface area contributed by atoms with Crippen LogP contribution in [-0.2, 0) is 16.8 Å². The van der Waals surface area contributed by atoms with Gasteiger partial charge in [-0.15, -0.1) is 0 Å². The van der Waals surface area contributed by atoms with Gasteiger partial charge in [-0.25, -0.2) is 0 Å². The van der Waals surface area contributed by atoms with E-state index in [-0.39, 0.29) is 17.9 Å². The SMILES string of the molecule is CCn1c(C)cc(C(=O)N2C[C@@H]3CC[C@H]2CN(S(=O)(=O)N(C)C)C3)c1C. The van der Waals surface area contributed by atoms with Crippen molar-refractivity contribution < 1.29 is 13.2 Å². The molecule has 8 heteroatoms. The van der Waals surface area contributed by atoms with Crippen molar-refractivity contribution in [2.75, 3.05) is 33.7 Å². The quantitative estimate of drug-likeness (QED) is 0.792. The van der Waals surface area contributed by atoms with Crippen LogP contribution < -0.4 is 0 Å². The summed E-state index contributed by atoms with van der Waals surface area (Å²) in [5.41, 5.74) is 2.83. The Morgan fingerprint density at radius 2 is 1.88 bits per heavy atom. The number of rotatable bonds is 4. The fraction of sp³-hybridized carbons (Fsp3) is 0.722. The minimum absolute atomic E-state index is 0.0385. The summed E-state index contributed by atoms with van der Waals surface area (Å²) in [6, 6.07) is 1.91. The average Bonchev–Trinajstić information content (AvgIpc) is 2.77. The Bertz CT molecular complexity index is 800. The fourth-order valence-corrected chi connectivity index (χ4v) is 5.59. The monoisotopic (exact) mass is 382 g/mol. The van der Waals surface area contributed by atoms with E-state index in [1.54, 1.807) is 18.4 Å². The molecule has 4 rings (SSSR count). The zero-order valence-electron chi connectivity index (χ0n) is 16.4. The predicted molar refractivity (Wildman–Crippen MR) is 101 cm³/mol. The van der Waals surface area contributed by atoms with Crippen LogP contribution >= 0.6 is 0 Å². The lowest BCUT2D eigenvalue weighted by molar-refractivity contribution is 0.0587. The van der Waals surface area contributed by atoms with E-state index in [0.717, 1.165) is 36.3 Å². The molecule has 2 bridgehead atoms. The molecule has 0 N–H and O–H groups in total. The molecule has 4 heterocycles. The van der Waals surface area contributed by atoms with Crippen molar-refractivity contribution in [3.63, 3.8) is 0 Å². The number of carbonyl (C=O) groups excluding carboxylic acids is 1. The molecule has 0 radical (unpaired) electrons. The first-order chi connectivity index (χ1) is 12.2. The van der Waals surface area contributed by atoms with Gasteiger partial charge in [0.25, 0.3) is 16.1 Å². The molecule has 26 heavy (non-hydrogen) atoms. The summed E-state index contributed by atoms with van der Waals surface area (Å²) in [6.45, 7) is 8.44. The van der Waals surface area contributed by atoms with Gasteiger partial charge in [-0.2, -0.15) is 17.0 Å². The molecule has 1 amide bonds. The molecule has 0 unspecified atom stereocenters. The van der Waals surface area contributed by atoms with Crippen LogP contribution in [0.3, 0.4) is 0 Å². The van der Waals surface area contributed by atoms with Gasteiger partial charge in [-0.3, -0.25) is 4.79 Å². The van der Waals surface area contributed by atoms with Crippen LogP contribution in [0.25, 0.3) is 0 Å². The zero-order chi connectivity index (χ0) is 19.2. The second-order valence-electron chi connectivity index (χ2n) is 7.69. The molecule has 3 saturated heterocycles. The fourth-order valence-electron chi connectivity index (χ4n) is 4.37. The standard InChI is InChI=1S/C18H30N4O3S/c1-6-21-13(2)9-17(14(21)3)18(23)22-11-15-7-8-16(22)12-20(10-15)26(24,25)19(4)5/h9,15-16H,6-8,10-12H2,1-5H3/t15-,16+/m1/s1. The first-order valence-electron chi connectivity index (χ1n) is 9.32. The summed E-state index contributed by atoms with van der Waals surface area (Å²) in [5.74, 6) is 0.235. The molecular formula is C18H30N4O3S. The summed E-state index contributed by atoms with van der Waals surface area (Å²) in [7, 11) is -0.333. The minimum Gasteiger partial charge on any atom is -0.349 e. The molecule has 0 saturated carbocycles. The van der Waals surface area contributed by atoms with Gasteiger partial charge in [0.2, 0.25) is 0 Å². The van der Waals surface area contributed by atoms with E-state index in [1.165, 1.54) is 4.31 Å². The van der Waals surface area contributed by atoms with Gasteiger partial charge in [0.15, 0.2) is 0 Å². The highest BCUT2D eigenvalue weighted by atomic mass is 32.2. The second-order valence-corrected chi connectivity index (χ2v) is 9.83. The van der Waals surface area contributed by atoms with Crippen LogP contribution in [0.2, 0.25) is 0 Å². The molecule has 3 aliphatic rings. The number of hydrogen-bond donors (Lipinski definition) is 0. The zero-order valence-corrected chi connectivity index (χ0v) is 17.2. The van der Waals surface area contributed by atoms with E-state index in [9.17, 15) is 13.2 Å². The van der Waals surface area contributed by atoms with Gasteiger partial charge in [0, 0.05) is 57.7 Å². The smallest absolute Gasteiger partial charge is 0.281 e. The molecule has 1 aromatic heterocycles. The maximum atomic E-state index is 13.3. The van der Waals surface area contributed by atoms with Crippen LogP contribution in [0.1, 0.15) is 41.5 Å². The van der Waals surface area contributed by atoms with Crippen LogP contribution in [0.4, 0.5) is 0 Å². The lowest BCUT2D eigenvalue weighted by Gasteiger charge is -2.36. The number of hydrogen-bond acceptors (Lipinski definition) is 3. The molecule has 0 spiro atoms. The van der Waals surface area contributed by atoms with Crippen molar-refractivity contribution >= 4 is 16.1 Å². The Balaban J connectivity index is 1.88. The van der Waals surface area contributed by atoms with Gasteiger partial charge in [-0.05, 0) is 45.6 Å². The highest BCUT2D eigenvalue weighted by molar-refractivity contribution is 7.86. The third-order valence-corrected chi connectivity index (χ3v) is 7.72. The maximum absolute atomic E-state index is 13.3. The molecule has 2 atom stereocenters. The van der Waals surface area contributed by atoms with E-state index in [0.29, 0.717) is 19.6 Å². The van der Waals surface area contributed by atoms with Gasteiger partial charge in [0.1, 0.15) is 0 Å². The molecule has 1 aromatic rings. The highest BCUT2D eigenvalue weighted by Gasteiger charge is 2.42. The molecule has 3 fully saturated rings. The van der Waals surface area contributed by atoms with Gasteiger partial charge < -0.3 is 9.47 Å². The largest absolute Gasteiger partial charge is 0.349 e. The molecule has 146 valence electrons. The van der Waals surface area contributed by atoms with Crippen molar-refractivity contribution in [3.05, 3.63) is 23.0 Å². The van der Waals surface area contributed by atoms with Crippen molar-refractivity contribution in [2.24, 2.45) is 5.92 Å². The Morgan fingerprint density at radius 3 is 2.46 bits per heavy atom. The minimum atomic E-state index is -3.45. The normalized spacial score (nSPS) is 24.3. The molecular weight excluding hydrogens is 352 g/mol. The first-order valence-corrected chi connectivity index (χ1v) is 10.7. The topological polar surface area (TPSA) is 65.9 Å². The second kappa shape index (κ2) is 6.98. The summed E-state index contributed by atoms with van der Waals surface area (Å²) in [5, 5.41) is 0. The van der Waals surface area contributed by atoms with Gasteiger partial charge in [0.05, 0.1) is 5.56 Å². The highest BCUT2D eigenvalue weighted by Crippen LogP contribution is 2.31. The number of aromatic nitrogens is 1. The summed E-state index contributed by atoms with van der Waals surface area (Å²) in [4.78, 5) is 15.2. The van der Waals surface area contributed by atoms with Gasteiger partial charge >= 0.3 is 0 Å². The number of aryl methyl sites for hydroxylation is 1. The van der Waals surface area contributed by atoms with Crippen molar-refractivity contribution in [2.45, 2.75) is 46.2 Å². The number of piperidine rings is 1. The summed E-state index contributed by atoms with van der Waals surface area (Å²) >= 11 is 0. The Morgan fingerprint density at radius 1 is 1.19 bits per heavy atom. The van der Waals surface area contributed by atoms with Gasteiger partial charge in [-0.1, -0.05) is 0 Å². The van der Waals surface area contributed by atoms with Crippen molar-refractivity contribution in [1.29, 1.82) is 0 Å². The van der Waals surface area contributed by atoms with E-state index in [2.05, 4.69) is 11.5 Å². The van der Waals surface area contributed by atoms with E-state index in [1.807, 2.05) is 24.8 Å². The number of nitrogens with zero attached hydrogens (tertiary/aromatic N) is 4. The third kappa shape index (κ3) is 3.18. The summed E-state index contributed by atoms with van der Waals surface area (Å²) < 4.78 is 30.1. The van der Waals surface area contributed by atoms with Crippen LogP contribution in [0, 0.1) is 19.8 Å². The maximum Gasteiger partial charge on any atom is 0.281 e. The Labute approximate surface area is 156 Å². The Hall–Kier alpha value is -1.38. The predicted octanol–water partition coefficient (Wildman–Crippen LogP) is 1.47. The molecule has 3 aliphatic heterocycles. The number of carbonyl (C=O) groups is 1. The molecule has 0 aliphatic carbocycles. The molecule has 0 aromatic carbocycles. The van der Waals surface area contributed by atoms with Crippen LogP contribution in [0.5, 0.6) is 0 Å². The number of amides is 1. The first kappa shape index (κ1) is 19.4. The van der Waals surface area contributed by atoms with Crippen molar-refractivity contribution in [1.82, 2.24) is 18.1 Å². The van der Waals surface area contributed by atoms with E-state index < -0.39 is 10.2 Å². The lowest BCUT2D eigenvalue weighted by Crippen LogP contribution is -2.48. The molecule has 7 nitrogen and oxygen atoms in total. The van der Waals surface area contributed by atoms with Crippen molar-refractivity contribution in [3.8, 4) is 0 Å². The third-order valence-electron chi connectivity index (χ3n) is 5.85.